The van der Waals surface area contributed by atoms with Crippen LogP contribution in [-0.4, -0.2) is 24.3 Å². The maximum absolute atomic E-state index is 11.4. The SMILES string of the molecule is CC(C[C@@H](C)CN=[N+]=[N-])NC(=O)OC(C)(C)C. The molecule has 0 aromatic carbocycles. The monoisotopic (exact) mass is 242 g/mol. The second kappa shape index (κ2) is 7.01. The number of hydrogen-bond acceptors (Lipinski definition) is 3. The van der Waals surface area contributed by atoms with Gasteiger partial charge in [0.2, 0.25) is 0 Å². The number of amides is 1. The van der Waals surface area contributed by atoms with E-state index in [0.29, 0.717) is 6.54 Å². The zero-order chi connectivity index (χ0) is 13.5. The fourth-order valence-electron chi connectivity index (χ4n) is 1.42. The molecule has 6 nitrogen and oxygen atoms in total. The molecule has 0 aliphatic heterocycles. The maximum Gasteiger partial charge on any atom is 0.407 e. The van der Waals surface area contributed by atoms with Crippen molar-refractivity contribution in [3.63, 3.8) is 0 Å². The number of nitrogens with one attached hydrogen (secondary N) is 1. The Hall–Kier alpha value is -1.42. The van der Waals surface area contributed by atoms with Crippen molar-refractivity contribution in [1.29, 1.82) is 0 Å². The number of rotatable bonds is 5. The van der Waals surface area contributed by atoms with Crippen LogP contribution in [0.25, 0.3) is 10.4 Å². The molecule has 0 aliphatic carbocycles. The summed E-state index contributed by atoms with van der Waals surface area (Å²) in [5.41, 5.74) is 7.71. The third-order valence-electron chi connectivity index (χ3n) is 1.98. The van der Waals surface area contributed by atoms with Crippen molar-refractivity contribution in [3.8, 4) is 0 Å². The van der Waals surface area contributed by atoms with E-state index in [0.717, 1.165) is 6.42 Å². The van der Waals surface area contributed by atoms with Gasteiger partial charge in [0.25, 0.3) is 0 Å². The lowest BCUT2D eigenvalue weighted by atomic mass is 10.0. The van der Waals surface area contributed by atoms with E-state index in [4.69, 9.17) is 10.3 Å². The number of nitrogens with zero attached hydrogens (tertiary/aromatic N) is 3. The summed E-state index contributed by atoms with van der Waals surface area (Å²) in [6.07, 6.45) is 0.333. The molecule has 0 saturated carbocycles. The molecule has 0 fully saturated rings. The Labute approximate surface area is 102 Å². The molecule has 1 unspecified atom stereocenters. The number of azide groups is 1. The van der Waals surface area contributed by atoms with Crippen molar-refractivity contribution < 1.29 is 9.53 Å². The average molecular weight is 242 g/mol. The molecule has 6 heteroatoms. The fraction of sp³-hybridized carbons (Fsp3) is 0.909. The van der Waals surface area contributed by atoms with Gasteiger partial charge in [0, 0.05) is 17.5 Å². The Balaban J connectivity index is 3.96. The molecule has 0 heterocycles. The van der Waals surface area contributed by atoms with Gasteiger partial charge in [0.15, 0.2) is 0 Å². The van der Waals surface area contributed by atoms with Crippen molar-refractivity contribution >= 4 is 6.09 Å². The molecule has 1 amide bonds. The van der Waals surface area contributed by atoms with Gasteiger partial charge in [-0.25, -0.2) is 4.79 Å². The van der Waals surface area contributed by atoms with Crippen LogP contribution in [0.2, 0.25) is 0 Å². The summed E-state index contributed by atoms with van der Waals surface area (Å²) in [4.78, 5) is 14.2. The maximum atomic E-state index is 11.4. The third-order valence-corrected chi connectivity index (χ3v) is 1.98. The molecule has 0 saturated heterocycles. The highest BCUT2D eigenvalue weighted by Crippen LogP contribution is 2.09. The van der Waals surface area contributed by atoms with Gasteiger partial charge in [-0.3, -0.25) is 0 Å². The topological polar surface area (TPSA) is 87.1 Å². The van der Waals surface area contributed by atoms with Crippen molar-refractivity contribution in [2.24, 2.45) is 11.0 Å². The van der Waals surface area contributed by atoms with Gasteiger partial charge in [0.1, 0.15) is 5.60 Å². The van der Waals surface area contributed by atoms with Crippen LogP contribution in [-0.2, 0) is 4.74 Å². The lowest BCUT2D eigenvalue weighted by Crippen LogP contribution is -2.38. The summed E-state index contributed by atoms with van der Waals surface area (Å²) in [7, 11) is 0. The standard InChI is InChI=1S/C11H22N4O2/c1-8(7-13-15-12)6-9(2)14-10(16)17-11(3,4)5/h8-9H,6-7H2,1-5H3,(H,14,16)/t8-,9?/m1/s1. The van der Waals surface area contributed by atoms with E-state index in [2.05, 4.69) is 15.3 Å². The Bertz CT molecular complexity index is 292. The van der Waals surface area contributed by atoms with Crippen molar-refractivity contribution in [3.05, 3.63) is 10.4 Å². The summed E-state index contributed by atoms with van der Waals surface area (Å²) in [6.45, 7) is 9.78. The highest BCUT2D eigenvalue weighted by Gasteiger charge is 2.18. The number of alkyl carbamates (subject to hydrolysis) is 1. The summed E-state index contributed by atoms with van der Waals surface area (Å²) < 4.78 is 5.14. The van der Waals surface area contributed by atoms with Crippen LogP contribution < -0.4 is 5.32 Å². The number of carbonyl (C=O) groups is 1. The van der Waals surface area contributed by atoms with E-state index in [1.165, 1.54) is 0 Å². The van der Waals surface area contributed by atoms with Crippen LogP contribution in [0, 0.1) is 5.92 Å². The minimum absolute atomic E-state index is 0.00579. The van der Waals surface area contributed by atoms with Gasteiger partial charge in [0.05, 0.1) is 0 Å². The van der Waals surface area contributed by atoms with Gasteiger partial charge in [-0.15, -0.1) is 0 Å². The lowest BCUT2D eigenvalue weighted by molar-refractivity contribution is 0.0503. The quantitative estimate of drug-likeness (QED) is 0.455. The normalized spacial score (nSPS) is 14.4. The third kappa shape index (κ3) is 9.51. The molecular formula is C11H22N4O2. The minimum Gasteiger partial charge on any atom is -0.444 e. The Morgan fingerprint density at radius 2 is 2.06 bits per heavy atom. The largest absolute Gasteiger partial charge is 0.444 e. The van der Waals surface area contributed by atoms with Crippen LogP contribution in [0.15, 0.2) is 5.11 Å². The first-order valence-electron chi connectivity index (χ1n) is 5.75. The zero-order valence-corrected chi connectivity index (χ0v) is 11.2. The summed E-state index contributed by atoms with van der Waals surface area (Å²) in [5, 5.41) is 6.25. The van der Waals surface area contributed by atoms with E-state index in [1.54, 1.807) is 0 Å². The molecule has 0 spiro atoms. The number of ether oxygens (including phenoxy) is 1. The zero-order valence-electron chi connectivity index (χ0n) is 11.2. The highest BCUT2D eigenvalue weighted by molar-refractivity contribution is 5.67. The lowest BCUT2D eigenvalue weighted by Gasteiger charge is -2.22. The molecule has 0 radical (unpaired) electrons. The molecule has 0 rings (SSSR count). The van der Waals surface area contributed by atoms with E-state index >= 15 is 0 Å². The molecule has 2 atom stereocenters. The fourth-order valence-corrected chi connectivity index (χ4v) is 1.42. The molecule has 1 N–H and O–H groups in total. The average Bonchev–Trinajstić information content (AvgIpc) is 2.10. The Kier molecular flexibility index (Phi) is 6.43. The smallest absolute Gasteiger partial charge is 0.407 e. The van der Waals surface area contributed by atoms with E-state index in [9.17, 15) is 4.79 Å². The second-order valence-corrected chi connectivity index (χ2v) is 5.30. The molecule has 98 valence electrons. The van der Waals surface area contributed by atoms with Crippen LogP contribution in [0.3, 0.4) is 0 Å². The summed E-state index contributed by atoms with van der Waals surface area (Å²) in [6, 6.07) is -0.00579. The first-order valence-corrected chi connectivity index (χ1v) is 5.75. The van der Waals surface area contributed by atoms with Crippen molar-refractivity contribution in [2.75, 3.05) is 6.54 Å². The highest BCUT2D eigenvalue weighted by atomic mass is 16.6. The van der Waals surface area contributed by atoms with Gasteiger partial charge >= 0.3 is 6.09 Å². The molecule has 17 heavy (non-hydrogen) atoms. The van der Waals surface area contributed by atoms with Gasteiger partial charge in [-0.05, 0) is 45.6 Å². The van der Waals surface area contributed by atoms with E-state index in [1.807, 2.05) is 34.6 Å². The van der Waals surface area contributed by atoms with Crippen LogP contribution in [0.5, 0.6) is 0 Å². The predicted octanol–water partition coefficient (Wildman–Crippen LogP) is 3.24. The first kappa shape index (κ1) is 15.6. The van der Waals surface area contributed by atoms with E-state index < -0.39 is 11.7 Å². The van der Waals surface area contributed by atoms with Crippen molar-refractivity contribution in [2.45, 2.75) is 52.7 Å². The molecule has 0 aromatic heterocycles. The number of hydrogen-bond donors (Lipinski definition) is 1. The number of carbonyl (C=O) groups excluding carboxylic acids is 1. The van der Waals surface area contributed by atoms with Crippen LogP contribution in [0.4, 0.5) is 4.79 Å². The van der Waals surface area contributed by atoms with Gasteiger partial charge in [-0.1, -0.05) is 12.0 Å². The molecule has 0 aliphatic rings. The first-order chi connectivity index (χ1) is 7.74. The predicted molar refractivity (Wildman–Crippen MR) is 66.6 cm³/mol. The van der Waals surface area contributed by atoms with Crippen LogP contribution in [0.1, 0.15) is 41.0 Å². The molecule has 0 aromatic rings. The Morgan fingerprint density at radius 1 is 1.47 bits per heavy atom. The summed E-state index contributed by atoms with van der Waals surface area (Å²) in [5.74, 6) is 0.232. The van der Waals surface area contributed by atoms with Crippen LogP contribution >= 0.6 is 0 Å². The molecule has 0 bridgehead atoms. The second-order valence-electron chi connectivity index (χ2n) is 5.30. The molecular weight excluding hydrogens is 220 g/mol. The Morgan fingerprint density at radius 3 is 2.53 bits per heavy atom. The van der Waals surface area contributed by atoms with E-state index in [-0.39, 0.29) is 12.0 Å². The van der Waals surface area contributed by atoms with Gasteiger partial charge in [-0.2, -0.15) is 0 Å². The van der Waals surface area contributed by atoms with Crippen molar-refractivity contribution in [1.82, 2.24) is 5.32 Å². The van der Waals surface area contributed by atoms with Gasteiger partial charge < -0.3 is 10.1 Å². The summed E-state index contributed by atoms with van der Waals surface area (Å²) >= 11 is 0. The minimum atomic E-state index is -0.486.